The first kappa shape index (κ1) is 17.1. The Morgan fingerprint density at radius 3 is 2.61 bits per heavy atom. The molecule has 0 unspecified atom stereocenters. The minimum absolute atomic E-state index is 0.0347. The number of hydrogen-bond donors (Lipinski definition) is 0. The van der Waals surface area contributed by atoms with Gasteiger partial charge in [0.2, 0.25) is 0 Å². The van der Waals surface area contributed by atoms with Gasteiger partial charge in [0.1, 0.15) is 6.33 Å². The average Bonchev–Trinajstić information content (AvgIpc) is 3.55. The number of hydrogen-bond acceptors (Lipinski definition) is 6. The first-order chi connectivity index (χ1) is 13.7. The summed E-state index contributed by atoms with van der Waals surface area (Å²) in [5, 5.41) is 0.661. The first-order valence-corrected chi connectivity index (χ1v) is 9.63. The van der Waals surface area contributed by atoms with Crippen LogP contribution < -0.4 is 15.4 Å². The van der Waals surface area contributed by atoms with E-state index in [-0.39, 0.29) is 5.56 Å². The van der Waals surface area contributed by atoms with Crippen LogP contribution >= 0.6 is 0 Å². The van der Waals surface area contributed by atoms with Crippen LogP contribution in [0.1, 0.15) is 12.8 Å². The van der Waals surface area contributed by atoms with E-state index in [4.69, 9.17) is 0 Å². The molecular weight excluding hydrogens is 359 g/mol. The molecule has 3 heterocycles. The van der Waals surface area contributed by atoms with Gasteiger partial charge in [-0.15, -0.1) is 0 Å². The van der Waals surface area contributed by atoms with Crippen LogP contribution in [0.15, 0.2) is 41.8 Å². The second-order valence-corrected chi connectivity index (χ2v) is 7.52. The third kappa shape index (κ3) is 3.19. The van der Waals surface area contributed by atoms with E-state index in [0.717, 1.165) is 30.8 Å². The first-order valence-electron chi connectivity index (χ1n) is 9.63. The molecule has 2 fully saturated rings. The molecule has 2 aromatic heterocycles. The summed E-state index contributed by atoms with van der Waals surface area (Å²) in [5.41, 5.74) is 1.79. The fourth-order valence-electron chi connectivity index (χ4n) is 3.77. The van der Waals surface area contributed by atoms with Crippen molar-refractivity contribution >= 4 is 22.4 Å². The summed E-state index contributed by atoms with van der Waals surface area (Å²) in [4.78, 5) is 29.1. The Morgan fingerprint density at radius 1 is 1.07 bits per heavy atom. The van der Waals surface area contributed by atoms with E-state index < -0.39 is 5.82 Å². The lowest BCUT2D eigenvalue weighted by Gasteiger charge is -2.36. The lowest BCUT2D eigenvalue weighted by atomic mass is 10.2. The van der Waals surface area contributed by atoms with E-state index in [0.29, 0.717) is 30.2 Å². The molecule has 3 aromatic rings. The molecule has 1 aliphatic carbocycles. The minimum atomic E-state index is -0.395. The maximum Gasteiger partial charge on any atom is 0.261 e. The summed E-state index contributed by atoms with van der Waals surface area (Å²) in [6, 6.07) is 5.83. The van der Waals surface area contributed by atoms with E-state index in [1.807, 2.05) is 23.1 Å². The summed E-state index contributed by atoms with van der Waals surface area (Å²) in [5.74, 6) is 0.589. The Bertz CT molecular complexity index is 1070. The van der Waals surface area contributed by atoms with Crippen LogP contribution in [0.3, 0.4) is 0 Å². The smallest absolute Gasteiger partial charge is 0.261 e. The van der Waals surface area contributed by atoms with Gasteiger partial charge in [-0.25, -0.2) is 19.3 Å². The molecule has 5 rings (SSSR count). The molecule has 0 atom stereocenters. The third-order valence-electron chi connectivity index (χ3n) is 5.55. The predicted octanol–water partition coefficient (Wildman–Crippen LogP) is 2.06. The van der Waals surface area contributed by atoms with Crippen LogP contribution in [0.2, 0.25) is 0 Å². The lowest BCUT2D eigenvalue weighted by Crippen LogP contribution is -2.47. The van der Waals surface area contributed by atoms with Gasteiger partial charge in [-0.05, 0) is 37.0 Å². The Hall–Kier alpha value is -3.03. The number of fused-ring (bicyclic) bond motifs is 1. The molecule has 1 saturated carbocycles. The molecule has 144 valence electrons. The van der Waals surface area contributed by atoms with Gasteiger partial charge >= 0.3 is 0 Å². The quantitative estimate of drug-likeness (QED) is 0.690. The summed E-state index contributed by atoms with van der Waals surface area (Å²) in [6.07, 6.45) is 6.64. The Balaban J connectivity index is 1.34. The van der Waals surface area contributed by atoms with Gasteiger partial charge in [-0.2, -0.15) is 0 Å². The molecule has 1 aliphatic heterocycles. The summed E-state index contributed by atoms with van der Waals surface area (Å²) < 4.78 is 15.6. The van der Waals surface area contributed by atoms with Crippen molar-refractivity contribution in [3.8, 4) is 0 Å². The molecule has 7 nitrogen and oxygen atoms in total. The van der Waals surface area contributed by atoms with Crippen LogP contribution in [-0.2, 0) is 6.54 Å². The van der Waals surface area contributed by atoms with Crippen molar-refractivity contribution in [3.63, 3.8) is 0 Å². The maximum atomic E-state index is 13.9. The number of halogens is 1. The topological polar surface area (TPSA) is 67.2 Å². The van der Waals surface area contributed by atoms with Gasteiger partial charge in [0.25, 0.3) is 5.56 Å². The number of anilines is 2. The number of piperazine rings is 1. The molecular formula is C20H21FN6O. The Labute approximate surface area is 161 Å². The van der Waals surface area contributed by atoms with Crippen molar-refractivity contribution in [2.45, 2.75) is 19.4 Å². The van der Waals surface area contributed by atoms with Gasteiger partial charge in [-0.1, -0.05) is 0 Å². The van der Waals surface area contributed by atoms with Crippen molar-refractivity contribution in [3.05, 3.63) is 53.2 Å². The van der Waals surface area contributed by atoms with E-state index in [9.17, 15) is 9.18 Å². The predicted molar refractivity (Wildman–Crippen MR) is 105 cm³/mol. The van der Waals surface area contributed by atoms with Crippen LogP contribution in [-0.4, -0.2) is 45.7 Å². The van der Waals surface area contributed by atoms with Gasteiger partial charge < -0.3 is 9.80 Å². The molecule has 8 heteroatoms. The summed E-state index contributed by atoms with van der Waals surface area (Å²) in [6.45, 7) is 3.59. The van der Waals surface area contributed by atoms with E-state index in [2.05, 4.69) is 19.9 Å². The molecule has 1 saturated heterocycles. The number of rotatable bonds is 4. The zero-order chi connectivity index (χ0) is 19.1. The fraction of sp³-hybridized carbons (Fsp3) is 0.400. The largest absolute Gasteiger partial charge is 0.368 e. The second-order valence-electron chi connectivity index (χ2n) is 7.52. The minimum Gasteiger partial charge on any atom is -0.368 e. The van der Waals surface area contributed by atoms with Crippen molar-refractivity contribution in [2.24, 2.45) is 5.92 Å². The summed E-state index contributed by atoms with van der Waals surface area (Å²) in [7, 11) is 0. The van der Waals surface area contributed by atoms with Crippen LogP contribution in [0.4, 0.5) is 15.9 Å². The van der Waals surface area contributed by atoms with Crippen LogP contribution in [0.5, 0.6) is 0 Å². The molecule has 0 spiro atoms. The summed E-state index contributed by atoms with van der Waals surface area (Å²) >= 11 is 0. The number of nitrogens with zero attached hydrogens (tertiary/aromatic N) is 6. The van der Waals surface area contributed by atoms with E-state index in [1.54, 1.807) is 10.9 Å². The van der Waals surface area contributed by atoms with Crippen LogP contribution in [0.25, 0.3) is 10.9 Å². The molecule has 28 heavy (non-hydrogen) atoms. The average molecular weight is 380 g/mol. The monoisotopic (exact) mass is 380 g/mol. The van der Waals surface area contributed by atoms with Gasteiger partial charge in [-0.3, -0.25) is 9.36 Å². The standard InChI is InChI=1S/C20H21FN6O/c21-17-10-22-12-23-19(17)26-7-5-25(6-8-26)15-3-4-16-18(9-15)24-13-27(20(16)28)11-14-1-2-14/h3-4,9-10,12-14H,1-2,5-8,11H2. The Morgan fingerprint density at radius 2 is 1.86 bits per heavy atom. The molecule has 0 bridgehead atoms. The molecule has 0 amide bonds. The van der Waals surface area contributed by atoms with Crippen molar-refractivity contribution < 1.29 is 4.39 Å². The third-order valence-corrected chi connectivity index (χ3v) is 5.55. The normalized spacial score (nSPS) is 17.3. The van der Waals surface area contributed by atoms with Crippen LogP contribution in [0, 0.1) is 11.7 Å². The Kier molecular flexibility index (Phi) is 4.18. The van der Waals surface area contributed by atoms with Gasteiger partial charge in [0.15, 0.2) is 11.6 Å². The van der Waals surface area contributed by atoms with Gasteiger partial charge in [0.05, 0.1) is 23.4 Å². The molecule has 1 aromatic carbocycles. The van der Waals surface area contributed by atoms with Crippen molar-refractivity contribution in [1.82, 2.24) is 19.5 Å². The highest BCUT2D eigenvalue weighted by atomic mass is 19.1. The fourth-order valence-corrected chi connectivity index (χ4v) is 3.77. The van der Waals surface area contributed by atoms with Crippen molar-refractivity contribution in [1.29, 1.82) is 0 Å². The molecule has 0 radical (unpaired) electrons. The maximum absolute atomic E-state index is 13.9. The number of aromatic nitrogens is 4. The number of benzene rings is 1. The second kappa shape index (κ2) is 6.85. The zero-order valence-electron chi connectivity index (χ0n) is 15.5. The highest BCUT2D eigenvalue weighted by molar-refractivity contribution is 5.81. The SMILES string of the molecule is O=c1c2ccc(N3CCN(c4ncncc4F)CC3)cc2ncn1CC1CC1. The molecule has 0 N–H and O–H groups in total. The lowest BCUT2D eigenvalue weighted by molar-refractivity contribution is 0.582. The zero-order valence-corrected chi connectivity index (χ0v) is 15.5. The van der Waals surface area contributed by atoms with E-state index >= 15 is 0 Å². The highest BCUT2D eigenvalue weighted by Crippen LogP contribution is 2.30. The van der Waals surface area contributed by atoms with Gasteiger partial charge in [0, 0.05) is 38.4 Å². The molecule has 2 aliphatic rings. The van der Waals surface area contributed by atoms with E-state index in [1.165, 1.54) is 25.4 Å². The highest BCUT2D eigenvalue weighted by Gasteiger charge is 2.23. The van der Waals surface area contributed by atoms with Crippen molar-refractivity contribution in [2.75, 3.05) is 36.0 Å².